The first-order valence-electron chi connectivity index (χ1n) is 30.5. The Morgan fingerprint density at radius 2 is 0.955 bits per heavy atom. The van der Waals surface area contributed by atoms with Crippen LogP contribution in [-0.2, 0) is 35.4 Å². The summed E-state index contributed by atoms with van der Waals surface area (Å²) < 4.78 is 61.2. The van der Waals surface area contributed by atoms with E-state index in [9.17, 15) is 33.1 Å². The van der Waals surface area contributed by atoms with Gasteiger partial charge in [0.1, 0.15) is 46.0 Å². The summed E-state index contributed by atoms with van der Waals surface area (Å²) in [6, 6.07) is 27.5. The number of esters is 1. The molecule has 1 unspecified atom stereocenters. The van der Waals surface area contributed by atoms with Crippen LogP contribution in [0.4, 0.5) is 8.78 Å². The Labute approximate surface area is 542 Å². The number of carboxylic acids is 1. The molecule has 18 nitrogen and oxygen atoms in total. The minimum atomic E-state index is -1.09. The molecular weight excluding hydrogens is 1150 g/mol. The zero-order valence-corrected chi connectivity index (χ0v) is 54.2. The van der Waals surface area contributed by atoms with Gasteiger partial charge in [0.2, 0.25) is 0 Å². The van der Waals surface area contributed by atoms with E-state index in [-0.39, 0.29) is 82.0 Å². The van der Waals surface area contributed by atoms with Gasteiger partial charge in [-0.3, -0.25) is 19.4 Å². The van der Waals surface area contributed by atoms with Crippen molar-refractivity contribution in [2.45, 2.75) is 117 Å². The molecule has 0 spiro atoms. The Morgan fingerprint density at radius 1 is 0.573 bits per heavy atom. The summed E-state index contributed by atoms with van der Waals surface area (Å²) in [6.07, 6.45) is 7.71. The van der Waals surface area contributed by atoms with E-state index in [0.717, 1.165) is 116 Å². The number of pyridine rings is 2. The van der Waals surface area contributed by atoms with Crippen LogP contribution in [0.3, 0.4) is 0 Å². The Bertz CT molecular complexity index is 3300. The number of hydrogen-bond donors (Lipinski definition) is 1. The number of ether oxygens (including phenoxy) is 6. The second kappa shape index (κ2) is 33.1. The third-order valence-electron chi connectivity index (χ3n) is 16.4. The van der Waals surface area contributed by atoms with E-state index in [1.165, 1.54) is 50.3 Å². The zero-order valence-electron chi connectivity index (χ0n) is 52.2. The van der Waals surface area contributed by atoms with Crippen LogP contribution in [0.5, 0.6) is 23.0 Å². The number of aromatic carboxylic acids is 1. The van der Waals surface area contributed by atoms with Gasteiger partial charge in [0, 0.05) is 83.9 Å². The second-order valence-corrected chi connectivity index (χ2v) is 22.2. The molecule has 4 aromatic carbocycles. The van der Waals surface area contributed by atoms with Crippen LogP contribution < -0.4 is 48.5 Å². The van der Waals surface area contributed by atoms with Crippen LogP contribution in [0.15, 0.2) is 97.1 Å². The number of carbonyl (C=O) groups is 4. The van der Waals surface area contributed by atoms with Gasteiger partial charge in [-0.05, 0) is 168 Å². The van der Waals surface area contributed by atoms with E-state index >= 15 is 0 Å². The van der Waals surface area contributed by atoms with Crippen molar-refractivity contribution in [1.29, 1.82) is 0 Å². The van der Waals surface area contributed by atoms with Gasteiger partial charge in [0.05, 0.1) is 73.3 Å². The number of carboxylic acid groups (broad SMARTS) is 1. The molecule has 0 aliphatic carbocycles. The van der Waals surface area contributed by atoms with Crippen molar-refractivity contribution < 1.29 is 96.5 Å². The number of amides is 2. The van der Waals surface area contributed by atoms with Crippen molar-refractivity contribution in [1.82, 2.24) is 29.6 Å². The molecule has 0 saturated carbocycles. The third-order valence-corrected chi connectivity index (χ3v) is 16.4. The topological polar surface area (TPSA) is 213 Å². The molecule has 6 aromatic rings. The molecular formula is C68H81F2N6NaO12. The van der Waals surface area contributed by atoms with Gasteiger partial charge in [-0.2, -0.15) is 0 Å². The maximum atomic E-state index is 13.6. The molecule has 2 aromatic heterocycles. The van der Waals surface area contributed by atoms with Gasteiger partial charge in [0.25, 0.3) is 11.8 Å². The van der Waals surface area contributed by atoms with Gasteiger partial charge in [0.15, 0.2) is 0 Å². The number of fused-ring (bicyclic) bond motifs is 2. The predicted octanol–water partition coefficient (Wildman–Crippen LogP) is 8.19. The van der Waals surface area contributed by atoms with E-state index in [2.05, 4.69) is 38.8 Å². The molecule has 3 fully saturated rings. The van der Waals surface area contributed by atoms with Crippen molar-refractivity contribution in [2.24, 2.45) is 0 Å². The van der Waals surface area contributed by atoms with E-state index in [0.29, 0.717) is 92.5 Å². The summed E-state index contributed by atoms with van der Waals surface area (Å²) in [6.45, 7) is 18.8. The smallest absolute Gasteiger partial charge is 0.870 e. The Kier molecular flexibility index (Phi) is 25.9. The number of benzene rings is 4. The largest absolute Gasteiger partial charge is 1.00 e. The number of rotatable bonds is 18. The summed E-state index contributed by atoms with van der Waals surface area (Å²) >= 11 is 0. The predicted molar refractivity (Wildman–Crippen MR) is 328 cm³/mol. The number of nitrogens with zero attached hydrogens (tertiary/aromatic N) is 6. The number of carbonyl (C=O) groups excluding carboxylic acids is 3. The zero-order chi connectivity index (χ0) is 61.6. The van der Waals surface area contributed by atoms with Crippen LogP contribution in [0.1, 0.15) is 137 Å². The number of likely N-dealkylation sites (tertiary alicyclic amines) is 2. The van der Waals surface area contributed by atoms with Crippen LogP contribution in [0.2, 0.25) is 0 Å². The van der Waals surface area contributed by atoms with Gasteiger partial charge >= 0.3 is 41.5 Å². The maximum absolute atomic E-state index is 13.6. The molecule has 470 valence electrons. The molecule has 21 heteroatoms. The first-order chi connectivity index (χ1) is 42.2. The fraction of sp³-hybridized carbons (Fsp3) is 0.441. The molecule has 11 rings (SSSR count). The molecule has 0 bridgehead atoms. The Balaban J connectivity index is 0.000000227. The Hall–Kier alpha value is -7.04. The molecule has 7 heterocycles. The van der Waals surface area contributed by atoms with Gasteiger partial charge in [-0.25, -0.2) is 28.3 Å². The SMILES string of the molecule is CC1CCCO1.CCOc1cc(CN2CCC(N3CCc4nc(C(=O)O)ccc4C3=O)CC2)cc(OCC)c1-c1ccc(F)cc1.CCOc1cc(CN2CCC(N3CCc4nc(C(=O)OC)ccc4C3=O)CC2)cc(OCC)c1-c1ccc(F)cc1.[Na+].[OH-]. The number of aromatic nitrogens is 2. The molecule has 5 aliphatic heterocycles. The number of methoxy groups -OCH3 is 1. The molecule has 5 aliphatic rings. The van der Waals surface area contributed by atoms with Crippen LogP contribution in [0, 0.1) is 11.6 Å². The van der Waals surface area contributed by atoms with E-state index in [4.69, 9.17) is 28.4 Å². The minimum Gasteiger partial charge on any atom is -0.870 e. The molecule has 1 atom stereocenters. The van der Waals surface area contributed by atoms with Crippen molar-refractivity contribution in [3.63, 3.8) is 0 Å². The van der Waals surface area contributed by atoms with Gasteiger partial charge < -0.3 is 48.8 Å². The summed E-state index contributed by atoms with van der Waals surface area (Å²) in [7, 11) is 1.32. The van der Waals surface area contributed by atoms with E-state index in [1.54, 1.807) is 42.5 Å². The summed E-state index contributed by atoms with van der Waals surface area (Å²) in [4.78, 5) is 66.8. The first-order valence-corrected chi connectivity index (χ1v) is 30.5. The number of halogens is 2. The maximum Gasteiger partial charge on any atom is 1.00 e. The van der Waals surface area contributed by atoms with Crippen LogP contribution in [-0.4, -0.2) is 162 Å². The minimum absolute atomic E-state index is 0. The molecule has 2 N–H and O–H groups in total. The number of hydrogen-bond acceptors (Lipinski definition) is 15. The van der Waals surface area contributed by atoms with Gasteiger partial charge in [-0.15, -0.1) is 0 Å². The van der Waals surface area contributed by atoms with Crippen LogP contribution in [0.25, 0.3) is 22.3 Å². The average Bonchev–Trinajstić information content (AvgIpc) is 1.69. The summed E-state index contributed by atoms with van der Waals surface area (Å²) in [5.41, 5.74) is 7.97. The molecule has 0 radical (unpaired) electrons. The standard InChI is InChI=1S/C32H36FN3O5.C31H34FN3O5.C5H10O.Na.H2O/c1-4-40-28-18-21(19-29(41-5-2)30(28)22-6-8-23(33)9-7-22)20-35-15-12-24(13-16-35)36-17-14-26-25(31(36)37)10-11-27(34-26)32(38)39-3;1-3-39-27-17-20(18-28(40-4-2)29(27)21-5-7-22(32)8-6-21)19-34-14-11-23(12-15-34)35-16-13-25-24(30(35)36)9-10-26(33-25)31(37)38;1-5-3-2-4-6-5;;/h6-11,18-19,24H,4-5,12-17,20H2,1-3H3;5-10,17-18,23H,3-4,11-16,19H2,1-2H3,(H,37,38);5H,2-4H2,1H3;;1H2/q;;;+1;/p-1. The molecule has 3 saturated heterocycles. The van der Waals surface area contributed by atoms with Crippen molar-refractivity contribution >= 4 is 23.8 Å². The summed E-state index contributed by atoms with van der Waals surface area (Å²) in [5.74, 6) is 0.607. The first kappa shape index (κ1) is 69.4. The Morgan fingerprint density at radius 3 is 1.28 bits per heavy atom. The summed E-state index contributed by atoms with van der Waals surface area (Å²) in [5, 5.41) is 9.21. The quantitative estimate of drug-likeness (QED) is 0.0635. The fourth-order valence-electron chi connectivity index (χ4n) is 12.2. The van der Waals surface area contributed by atoms with Gasteiger partial charge in [-0.1, -0.05) is 24.3 Å². The third kappa shape index (κ3) is 17.5. The van der Waals surface area contributed by atoms with E-state index < -0.39 is 11.9 Å². The van der Waals surface area contributed by atoms with Crippen molar-refractivity contribution in [3.8, 4) is 45.3 Å². The fourth-order valence-corrected chi connectivity index (χ4v) is 12.2. The monoisotopic (exact) mass is 1230 g/mol. The molecule has 89 heavy (non-hydrogen) atoms. The number of piperidine rings is 2. The second-order valence-electron chi connectivity index (χ2n) is 22.2. The van der Waals surface area contributed by atoms with Crippen LogP contribution >= 0.6 is 0 Å². The normalized spacial score (nSPS) is 16.9. The average molecular weight is 1240 g/mol. The van der Waals surface area contributed by atoms with Crippen molar-refractivity contribution in [3.05, 3.63) is 154 Å². The molecule has 2 amide bonds. The van der Waals surface area contributed by atoms with Crippen molar-refractivity contribution in [2.75, 3.05) is 79.4 Å². The van der Waals surface area contributed by atoms with E-state index in [1.807, 2.05) is 49.6 Å².